The molecule has 0 bridgehead atoms. The van der Waals surface area contributed by atoms with E-state index in [1.807, 2.05) is 0 Å². The third-order valence-electron chi connectivity index (χ3n) is 13.8. The summed E-state index contributed by atoms with van der Waals surface area (Å²) in [4.78, 5) is 118. The van der Waals surface area contributed by atoms with Gasteiger partial charge in [0.05, 0.1) is 33.3 Å². The number of esters is 1. The maximum Gasteiger partial charge on any atom is 0.426 e. The molecule has 4 fully saturated rings. The van der Waals surface area contributed by atoms with Gasteiger partial charge in [-0.05, 0) is 96.5 Å². The van der Waals surface area contributed by atoms with Crippen LogP contribution < -0.4 is 50.1 Å². The van der Waals surface area contributed by atoms with E-state index in [4.69, 9.17) is 101 Å². The van der Waals surface area contributed by atoms with Crippen molar-refractivity contribution in [1.29, 1.82) is 0 Å². The summed E-state index contributed by atoms with van der Waals surface area (Å²) in [6.45, 7) is 19.1. The average Bonchev–Trinajstić information content (AvgIpc) is 1.58. The van der Waals surface area contributed by atoms with Crippen molar-refractivity contribution >= 4 is 116 Å². The number of aromatic nitrogens is 10. The van der Waals surface area contributed by atoms with Crippen molar-refractivity contribution in [3.05, 3.63) is 148 Å². The number of nitrogen functional groups attached to an aromatic ring is 2. The lowest BCUT2D eigenvalue weighted by atomic mass is 10.1. The second-order valence-corrected chi connectivity index (χ2v) is 24.2. The van der Waals surface area contributed by atoms with Crippen LogP contribution >= 0.6 is 46.4 Å². The van der Waals surface area contributed by atoms with E-state index in [1.54, 1.807) is 67.6 Å². The number of amides is 1. The molecule has 37 heteroatoms. The molecule has 6 aromatic heterocycles. The molecular weight excluding hydrogens is 1320 g/mol. The molecule has 4 aliphatic heterocycles. The number of fused-ring (bicyclic) bond motifs is 4. The summed E-state index contributed by atoms with van der Waals surface area (Å²) < 4.78 is 51.3. The molecule has 33 nitrogen and oxygen atoms in total. The number of carbonyl (C=O) groups is 4. The number of aliphatic hydroxyl groups is 1. The summed E-state index contributed by atoms with van der Waals surface area (Å²) >= 11 is 22.1. The number of rotatable bonds is 15. The standard InChI is InChI=1S/C23H27N7O7.C16H21N5O6.C11H15N3O4.C7H2Cl4O/c1-5-8-29-14-17(27-21(24)28-18(14)31)30(22(29)33)19-16-15(36-23(2,3)37-16)12(35-19)10-34-20(32)11-6-7-13(25-4)26-9-11;1-4-5-20-8-11(18-14(17)19-12(8)23)21(15(20)24)13-10-9(7(6-22)25-13)26-16(2,3)27-10;1-11(2,3)18-10(17)14-13-8-5-4-7(6-12-8)9(15)16;8-3-1-4(9)6(7(11)12)5(10)2-3/h5-7,9,12,15-16,19H,1,8,10H2,2-4H3,(H,25,26)(H3,24,27,28,31);4,7,9-10,13,22H,1,5-6H2,2-3H3,(H3,17,18,19,23);4-6H,1-3H3,(H,12,13)(H,14,17)(H,15,16);1-2H/t12-,15-,16-,19-;7-,9-,10-,13-;;/m11../s1. The third-order valence-corrected chi connectivity index (χ3v) is 14.8. The summed E-state index contributed by atoms with van der Waals surface area (Å²) in [5.74, 6) is -2.94. The van der Waals surface area contributed by atoms with Crippen LogP contribution in [-0.4, -0.2) is 156 Å². The van der Waals surface area contributed by atoms with Crippen molar-refractivity contribution < 1.29 is 67.3 Å². The van der Waals surface area contributed by atoms with Crippen molar-refractivity contribution in [2.45, 2.75) is 128 Å². The van der Waals surface area contributed by atoms with E-state index in [0.717, 1.165) is 0 Å². The molecule has 11 N–H and O–H groups in total. The number of aromatic amines is 2. The fourth-order valence-electron chi connectivity index (χ4n) is 10.1. The molecule has 4 aliphatic rings. The minimum atomic E-state index is -1.06. The number of nitrogens with two attached hydrogens (primary N) is 2. The van der Waals surface area contributed by atoms with E-state index in [9.17, 15) is 43.5 Å². The summed E-state index contributed by atoms with van der Waals surface area (Å²) in [6, 6.07) is 8.85. The number of aromatic carboxylic acids is 1. The molecule has 0 radical (unpaired) electrons. The van der Waals surface area contributed by atoms with E-state index < -0.39 is 112 Å². The average molecular weight is 1390 g/mol. The number of anilines is 4. The van der Waals surface area contributed by atoms with Gasteiger partial charge in [-0.15, -0.1) is 13.2 Å². The van der Waals surface area contributed by atoms with Crippen molar-refractivity contribution in [3.8, 4) is 0 Å². The van der Waals surface area contributed by atoms with Crippen LogP contribution in [0, 0.1) is 0 Å². The number of hydrogen-bond acceptors (Lipinski definition) is 25. The van der Waals surface area contributed by atoms with Crippen LogP contribution in [0.15, 0.2) is 93.3 Å². The summed E-state index contributed by atoms with van der Waals surface area (Å²) in [5.41, 5.74) is 14.0. The van der Waals surface area contributed by atoms with Crippen molar-refractivity contribution in [1.82, 2.24) is 53.6 Å². The van der Waals surface area contributed by atoms with Crippen molar-refractivity contribution in [3.63, 3.8) is 0 Å². The molecule has 94 heavy (non-hydrogen) atoms. The van der Waals surface area contributed by atoms with E-state index in [-0.39, 0.29) is 87.3 Å². The molecule has 0 aliphatic carbocycles. The lowest BCUT2D eigenvalue weighted by molar-refractivity contribution is -0.200. The minimum Gasteiger partial charge on any atom is -0.478 e. The highest BCUT2D eigenvalue weighted by Crippen LogP contribution is 2.45. The van der Waals surface area contributed by atoms with Crippen LogP contribution in [0.3, 0.4) is 0 Å². The molecule has 8 atom stereocenters. The van der Waals surface area contributed by atoms with Crippen LogP contribution in [-0.2, 0) is 51.0 Å². The highest BCUT2D eigenvalue weighted by molar-refractivity contribution is 6.70. The van der Waals surface area contributed by atoms with E-state index in [0.29, 0.717) is 16.7 Å². The molecule has 1 amide bonds. The Morgan fingerprint density at radius 3 is 1.62 bits per heavy atom. The zero-order chi connectivity index (χ0) is 69.1. The van der Waals surface area contributed by atoms with Gasteiger partial charge in [-0.3, -0.25) is 38.9 Å². The number of nitrogens with one attached hydrogen (secondary N) is 5. The first-order chi connectivity index (χ1) is 44.2. The Hall–Kier alpha value is -8.74. The van der Waals surface area contributed by atoms with E-state index in [1.165, 1.54) is 67.1 Å². The molecule has 7 aromatic rings. The SMILES string of the molecule is C=CCn1c(=O)n([C@@H]2O[C@H](CO)[C@H]3OC(C)(C)O[C@H]32)c2nc(N)[nH]c(=O)c21.C=CCn1c(=O)n([C@@H]2O[C@H](COC(=O)c3ccc(NC)nc3)[C@H]3OC(C)(C)O[C@H]32)c2nc(N)[nH]c(=O)c21.CC(C)(C)OC(=O)NNc1ccc(C(=O)O)cn1.O=C(Cl)c1c(Cl)cc(Cl)cc1Cl. The van der Waals surface area contributed by atoms with Gasteiger partial charge in [-0.2, -0.15) is 9.97 Å². The smallest absolute Gasteiger partial charge is 0.426 e. The van der Waals surface area contributed by atoms with Gasteiger partial charge in [0.2, 0.25) is 11.9 Å². The largest absolute Gasteiger partial charge is 0.478 e. The summed E-state index contributed by atoms with van der Waals surface area (Å²) in [6.07, 6.45) is -1.22. The van der Waals surface area contributed by atoms with Crippen molar-refractivity contribution in [2.24, 2.45) is 0 Å². The fourth-order valence-corrected chi connectivity index (χ4v) is 11.4. The number of hydrazine groups is 1. The van der Waals surface area contributed by atoms with E-state index >= 15 is 0 Å². The van der Waals surface area contributed by atoms with Gasteiger partial charge in [-0.25, -0.2) is 48.5 Å². The number of pyridine rings is 2. The number of ether oxygens (including phenoxy) is 8. The third kappa shape index (κ3) is 15.9. The van der Waals surface area contributed by atoms with Gasteiger partial charge in [-0.1, -0.05) is 47.0 Å². The number of nitrogens with zero attached hydrogens (tertiary/aromatic N) is 8. The Morgan fingerprint density at radius 1 is 0.734 bits per heavy atom. The Balaban J connectivity index is 0.000000174. The zero-order valence-electron chi connectivity index (χ0n) is 51.3. The molecule has 0 unspecified atom stereocenters. The lowest BCUT2D eigenvalue weighted by Gasteiger charge is -2.24. The quantitative estimate of drug-likeness (QED) is 0.0279. The number of imidazole rings is 2. The topological polar surface area (TPSA) is 442 Å². The Kier molecular flexibility index (Phi) is 21.8. The van der Waals surface area contributed by atoms with Gasteiger partial charge in [0.15, 0.2) is 46.4 Å². The number of benzene rings is 1. The minimum absolute atomic E-state index is 0.0184. The maximum absolute atomic E-state index is 13.5. The van der Waals surface area contributed by atoms with Crippen LogP contribution in [0.2, 0.25) is 15.1 Å². The Morgan fingerprint density at radius 2 is 1.19 bits per heavy atom. The Labute approximate surface area is 551 Å². The number of carboxylic acids is 1. The van der Waals surface area contributed by atoms with Crippen LogP contribution in [0.1, 0.15) is 92.0 Å². The first kappa shape index (κ1) is 71.1. The lowest BCUT2D eigenvalue weighted by Crippen LogP contribution is -2.36. The highest BCUT2D eigenvalue weighted by atomic mass is 35.5. The molecule has 504 valence electrons. The molecule has 0 saturated carbocycles. The second kappa shape index (κ2) is 28.9. The molecule has 11 rings (SSSR count). The normalized spacial score (nSPS) is 21.2. The number of carbonyl (C=O) groups excluding carboxylic acids is 3. The second-order valence-electron chi connectivity index (χ2n) is 22.6. The monoisotopic (exact) mass is 1390 g/mol. The maximum atomic E-state index is 13.5. The molecule has 0 spiro atoms. The van der Waals surface area contributed by atoms with Gasteiger partial charge >= 0.3 is 29.4 Å². The van der Waals surface area contributed by atoms with E-state index in [2.05, 4.69) is 59.2 Å². The van der Waals surface area contributed by atoms with Gasteiger partial charge in [0, 0.05) is 37.6 Å². The predicted molar refractivity (Wildman–Crippen MR) is 341 cm³/mol. The van der Waals surface area contributed by atoms with Crippen LogP contribution in [0.5, 0.6) is 0 Å². The van der Waals surface area contributed by atoms with Crippen LogP contribution in [0.4, 0.5) is 28.3 Å². The molecular formula is C57H65Cl4N15O18. The number of allylic oxidation sites excluding steroid dienone is 2. The van der Waals surface area contributed by atoms with Gasteiger partial charge in [0.1, 0.15) is 60.5 Å². The number of carboxylic acid groups (broad SMARTS) is 1. The fraction of sp³-hybridized carbons (Fsp3) is 0.404. The zero-order valence-corrected chi connectivity index (χ0v) is 54.3. The Bertz CT molecular complexity index is 4250. The first-order valence-electron chi connectivity index (χ1n) is 28.2. The molecule has 1 aromatic carbocycles. The number of aliphatic hydroxyl groups excluding tert-OH is 1. The number of hydrogen-bond donors (Lipinski definition) is 9. The summed E-state index contributed by atoms with van der Waals surface area (Å²) in [7, 11) is 1.72. The van der Waals surface area contributed by atoms with Gasteiger partial charge < -0.3 is 64.9 Å². The number of halogens is 4. The first-order valence-corrected chi connectivity index (χ1v) is 29.7. The molecule has 4 saturated heterocycles. The van der Waals surface area contributed by atoms with Crippen molar-refractivity contribution in [2.75, 3.05) is 42.5 Å². The highest BCUT2D eigenvalue weighted by Gasteiger charge is 2.58. The predicted octanol–water partition coefficient (Wildman–Crippen LogP) is 5.09. The van der Waals surface area contributed by atoms with Crippen LogP contribution in [0.25, 0.3) is 22.3 Å². The molecule has 10 heterocycles. The summed E-state index contributed by atoms with van der Waals surface area (Å²) in [5, 5.41) is 21.2. The number of H-pyrrole nitrogens is 2. The van der Waals surface area contributed by atoms with Gasteiger partial charge in [0.25, 0.3) is 16.4 Å².